The maximum atomic E-state index is 5.92. The molecule has 1 aromatic heterocycles. The van der Waals surface area contributed by atoms with Crippen LogP contribution in [0.15, 0.2) is 6.07 Å². The molecule has 1 nitrogen and oxygen atoms in total. The van der Waals surface area contributed by atoms with E-state index in [1.54, 1.807) is 16.2 Å². The Kier molecular flexibility index (Phi) is 3.00. The van der Waals surface area contributed by atoms with Crippen LogP contribution >= 0.6 is 11.3 Å². The molecular weight excluding hydrogens is 250 g/mol. The van der Waals surface area contributed by atoms with Gasteiger partial charge in [0.2, 0.25) is 0 Å². The molecule has 0 unspecified atom stereocenters. The Labute approximate surface area is 120 Å². The lowest BCUT2D eigenvalue weighted by Crippen LogP contribution is -2.43. The molecule has 5 rings (SSSR count). The van der Waals surface area contributed by atoms with Gasteiger partial charge in [0.15, 0.2) is 0 Å². The Balaban J connectivity index is 1.67. The Hall–Kier alpha value is -0.340. The highest BCUT2D eigenvalue weighted by Gasteiger charge is 2.49. The highest BCUT2D eigenvalue weighted by molar-refractivity contribution is 7.12. The Morgan fingerprint density at radius 2 is 1.74 bits per heavy atom. The van der Waals surface area contributed by atoms with E-state index < -0.39 is 0 Å². The monoisotopic (exact) mass is 275 g/mol. The average molecular weight is 275 g/mol. The van der Waals surface area contributed by atoms with Crippen molar-refractivity contribution in [3.63, 3.8) is 0 Å². The van der Waals surface area contributed by atoms with Gasteiger partial charge >= 0.3 is 0 Å². The molecule has 4 aliphatic rings. The zero-order valence-electron chi connectivity index (χ0n) is 11.9. The number of aryl methyl sites for hydroxylation is 1. The molecule has 0 atom stereocenters. The minimum absolute atomic E-state index is 0.729. The molecule has 4 fully saturated rings. The molecule has 0 aliphatic heterocycles. The molecule has 0 amide bonds. The van der Waals surface area contributed by atoms with Gasteiger partial charge in [-0.15, -0.1) is 11.3 Å². The fourth-order valence-corrected chi connectivity index (χ4v) is 6.94. The highest BCUT2D eigenvalue weighted by Crippen LogP contribution is 2.60. The summed E-state index contributed by atoms with van der Waals surface area (Å²) < 4.78 is 0. The van der Waals surface area contributed by atoms with Gasteiger partial charge in [-0.2, -0.15) is 0 Å². The van der Waals surface area contributed by atoms with Crippen LogP contribution in [-0.4, -0.2) is 0 Å². The third-order valence-electron chi connectivity index (χ3n) is 6.01. The lowest BCUT2D eigenvalue weighted by Gasteiger charge is -2.54. The first-order valence-electron chi connectivity index (χ1n) is 8.10. The van der Waals surface area contributed by atoms with Gasteiger partial charge in [0.1, 0.15) is 0 Å². The van der Waals surface area contributed by atoms with Gasteiger partial charge in [-0.3, -0.25) is 0 Å². The summed E-state index contributed by atoms with van der Waals surface area (Å²) in [7, 11) is 0. The van der Waals surface area contributed by atoms with Crippen LogP contribution in [-0.2, 0) is 13.0 Å². The molecule has 1 heterocycles. The summed E-state index contributed by atoms with van der Waals surface area (Å²) >= 11 is 2.08. The van der Waals surface area contributed by atoms with Crippen molar-refractivity contribution in [1.29, 1.82) is 0 Å². The Morgan fingerprint density at radius 1 is 1.11 bits per heavy atom. The molecule has 4 saturated carbocycles. The quantitative estimate of drug-likeness (QED) is 0.874. The first-order valence-corrected chi connectivity index (χ1v) is 8.91. The van der Waals surface area contributed by atoms with Gasteiger partial charge in [-0.1, -0.05) is 6.92 Å². The van der Waals surface area contributed by atoms with E-state index >= 15 is 0 Å². The zero-order valence-corrected chi connectivity index (χ0v) is 12.7. The molecule has 19 heavy (non-hydrogen) atoms. The second kappa shape index (κ2) is 4.60. The summed E-state index contributed by atoms with van der Waals surface area (Å²) in [6, 6.07) is 2.47. The smallest absolute Gasteiger partial charge is 0.0189 e. The molecular formula is C17H25NS. The molecule has 0 aromatic carbocycles. The maximum Gasteiger partial charge on any atom is 0.0189 e. The van der Waals surface area contributed by atoms with Crippen LogP contribution in [0.2, 0.25) is 0 Å². The highest BCUT2D eigenvalue weighted by atomic mass is 32.1. The number of hydrogen-bond donors (Lipinski definition) is 1. The summed E-state index contributed by atoms with van der Waals surface area (Å²) in [5.74, 6) is 5.07. The van der Waals surface area contributed by atoms with Crippen molar-refractivity contribution in [2.24, 2.45) is 29.4 Å². The van der Waals surface area contributed by atoms with Gasteiger partial charge in [0.05, 0.1) is 0 Å². The summed E-state index contributed by atoms with van der Waals surface area (Å²) in [5.41, 5.74) is 7.35. The van der Waals surface area contributed by atoms with Crippen molar-refractivity contribution in [1.82, 2.24) is 0 Å². The maximum absolute atomic E-state index is 5.92. The minimum Gasteiger partial charge on any atom is -0.326 e. The SMILES string of the molecule is CCc1sc(C2C3CC4CC(C3)CC2C4)cc1CN. The first kappa shape index (κ1) is 12.4. The average Bonchev–Trinajstić information content (AvgIpc) is 2.80. The fourth-order valence-electron chi connectivity index (χ4n) is 5.52. The standard InChI is InChI=1S/C17H25NS/c1-2-15-14(9-18)8-16(19-15)17-12-4-10-3-11(6-12)7-13(17)5-10/h8,10-13,17H,2-7,9,18H2,1H3. The van der Waals surface area contributed by atoms with Crippen LogP contribution in [0.5, 0.6) is 0 Å². The summed E-state index contributed by atoms with van der Waals surface area (Å²) in [6.45, 7) is 3.00. The molecule has 4 aliphatic carbocycles. The third-order valence-corrected chi connectivity index (χ3v) is 7.43. The molecule has 1 aromatic rings. The Bertz CT molecular complexity index is 426. The molecule has 4 bridgehead atoms. The zero-order chi connectivity index (χ0) is 13.0. The first-order chi connectivity index (χ1) is 9.28. The number of hydrogen-bond acceptors (Lipinski definition) is 2. The van der Waals surface area contributed by atoms with Crippen LogP contribution < -0.4 is 5.73 Å². The molecule has 2 heteroatoms. The van der Waals surface area contributed by atoms with Crippen molar-refractivity contribution in [2.75, 3.05) is 0 Å². The van der Waals surface area contributed by atoms with E-state index in [-0.39, 0.29) is 0 Å². The van der Waals surface area contributed by atoms with E-state index in [9.17, 15) is 0 Å². The van der Waals surface area contributed by atoms with Crippen LogP contribution in [0.3, 0.4) is 0 Å². The van der Waals surface area contributed by atoms with Crippen molar-refractivity contribution >= 4 is 11.3 Å². The van der Waals surface area contributed by atoms with Crippen LogP contribution in [0.1, 0.15) is 60.3 Å². The van der Waals surface area contributed by atoms with Crippen molar-refractivity contribution in [3.8, 4) is 0 Å². The Morgan fingerprint density at radius 3 is 2.21 bits per heavy atom. The van der Waals surface area contributed by atoms with Gasteiger partial charge in [0, 0.05) is 16.3 Å². The topological polar surface area (TPSA) is 26.0 Å². The molecule has 104 valence electrons. The van der Waals surface area contributed by atoms with E-state index in [1.807, 2.05) is 0 Å². The van der Waals surface area contributed by atoms with Crippen molar-refractivity contribution in [2.45, 2.75) is 57.9 Å². The summed E-state index contributed by atoms with van der Waals surface area (Å²) in [4.78, 5) is 3.23. The normalized spacial score (nSPS) is 40.0. The van der Waals surface area contributed by atoms with Crippen molar-refractivity contribution < 1.29 is 0 Å². The summed E-state index contributed by atoms with van der Waals surface area (Å²) in [5, 5.41) is 0. The molecule has 2 N–H and O–H groups in total. The molecule has 0 saturated heterocycles. The lowest BCUT2D eigenvalue weighted by molar-refractivity contribution is -0.00161. The lowest BCUT2D eigenvalue weighted by atomic mass is 9.51. The largest absolute Gasteiger partial charge is 0.326 e. The molecule has 0 radical (unpaired) electrons. The second-order valence-electron chi connectivity index (χ2n) is 7.11. The second-order valence-corrected chi connectivity index (χ2v) is 8.28. The fraction of sp³-hybridized carbons (Fsp3) is 0.765. The van der Waals surface area contributed by atoms with E-state index in [0.717, 1.165) is 42.6 Å². The van der Waals surface area contributed by atoms with Crippen LogP contribution in [0.4, 0.5) is 0 Å². The van der Waals surface area contributed by atoms with E-state index in [2.05, 4.69) is 24.3 Å². The predicted molar refractivity (Wildman–Crippen MR) is 81.4 cm³/mol. The minimum atomic E-state index is 0.729. The number of nitrogens with two attached hydrogens (primary N) is 1. The van der Waals surface area contributed by atoms with Gasteiger partial charge in [-0.05, 0) is 79.7 Å². The van der Waals surface area contributed by atoms with Crippen LogP contribution in [0, 0.1) is 23.7 Å². The van der Waals surface area contributed by atoms with Crippen LogP contribution in [0.25, 0.3) is 0 Å². The van der Waals surface area contributed by atoms with E-state index in [0.29, 0.717) is 0 Å². The van der Waals surface area contributed by atoms with Gasteiger partial charge < -0.3 is 5.73 Å². The van der Waals surface area contributed by atoms with Gasteiger partial charge in [-0.25, -0.2) is 0 Å². The van der Waals surface area contributed by atoms with Crippen molar-refractivity contribution in [3.05, 3.63) is 21.4 Å². The van der Waals surface area contributed by atoms with E-state index in [4.69, 9.17) is 5.73 Å². The molecule has 0 spiro atoms. The summed E-state index contributed by atoms with van der Waals surface area (Å²) in [6.07, 6.45) is 8.80. The van der Waals surface area contributed by atoms with E-state index in [1.165, 1.54) is 31.2 Å². The number of rotatable bonds is 3. The number of thiophene rings is 1. The third kappa shape index (κ3) is 1.91. The van der Waals surface area contributed by atoms with Gasteiger partial charge in [0.25, 0.3) is 0 Å². The predicted octanol–water partition coefficient (Wildman–Crippen LogP) is 4.31.